The highest BCUT2D eigenvalue weighted by molar-refractivity contribution is 9.10. The summed E-state index contributed by atoms with van der Waals surface area (Å²) in [7, 11) is 0. The van der Waals surface area contributed by atoms with Crippen molar-refractivity contribution < 1.29 is 0 Å². The fraction of sp³-hybridized carbons (Fsp3) is 0.333. The molecule has 1 aromatic carbocycles. The number of halogens is 1. The molecule has 2 heteroatoms. The van der Waals surface area contributed by atoms with Crippen LogP contribution < -0.4 is 5.73 Å². The van der Waals surface area contributed by atoms with E-state index in [0.29, 0.717) is 0 Å². The van der Waals surface area contributed by atoms with Crippen LogP contribution in [0, 0.1) is 6.92 Å². The van der Waals surface area contributed by atoms with E-state index in [1.807, 2.05) is 39.0 Å². The summed E-state index contributed by atoms with van der Waals surface area (Å²) in [6, 6.07) is 3.93. The molecule has 0 heterocycles. The maximum atomic E-state index is 5.74. The van der Waals surface area contributed by atoms with Crippen molar-refractivity contribution in [2.24, 2.45) is 0 Å². The smallest absolute Gasteiger partial charge is 0.0479 e. The van der Waals surface area contributed by atoms with Crippen molar-refractivity contribution >= 4 is 27.7 Å². The lowest BCUT2D eigenvalue weighted by Gasteiger charge is -2.05. The van der Waals surface area contributed by atoms with Crippen LogP contribution in [0.25, 0.3) is 6.08 Å². The first-order chi connectivity index (χ1) is 6.66. The highest BCUT2D eigenvalue weighted by Gasteiger charge is 2.02. The van der Waals surface area contributed by atoms with Crippen molar-refractivity contribution in [3.63, 3.8) is 0 Å². The Balaban J connectivity index is 0.000000791. The molecule has 1 nitrogen and oxygen atoms in total. The molecule has 1 aromatic rings. The quantitative estimate of drug-likeness (QED) is 0.740. The first-order valence-corrected chi connectivity index (χ1v) is 5.63. The highest BCUT2D eigenvalue weighted by Crippen LogP contribution is 2.27. The lowest BCUT2D eigenvalue weighted by Crippen LogP contribution is -1.90. The van der Waals surface area contributed by atoms with Crippen LogP contribution in [0.4, 0.5) is 5.69 Å². The van der Waals surface area contributed by atoms with Crippen LogP contribution in [0.15, 0.2) is 22.7 Å². The summed E-state index contributed by atoms with van der Waals surface area (Å²) in [5.74, 6) is 0. The number of anilines is 1. The Morgan fingerprint density at radius 2 is 1.86 bits per heavy atom. The van der Waals surface area contributed by atoms with Crippen LogP contribution >= 0.6 is 15.9 Å². The van der Waals surface area contributed by atoms with Gasteiger partial charge in [-0.3, -0.25) is 0 Å². The van der Waals surface area contributed by atoms with Gasteiger partial charge >= 0.3 is 0 Å². The fourth-order valence-electron chi connectivity index (χ4n) is 1.08. The average Bonchev–Trinajstić information content (AvgIpc) is 2.22. The topological polar surface area (TPSA) is 26.0 Å². The van der Waals surface area contributed by atoms with E-state index in [2.05, 4.69) is 28.9 Å². The van der Waals surface area contributed by atoms with E-state index < -0.39 is 0 Å². The predicted octanol–water partition coefficient (Wildman–Crippen LogP) is 4.40. The summed E-state index contributed by atoms with van der Waals surface area (Å²) in [6.45, 7) is 8.06. The van der Waals surface area contributed by atoms with Gasteiger partial charge in [0.25, 0.3) is 0 Å². The molecule has 0 atom stereocenters. The van der Waals surface area contributed by atoms with Crippen LogP contribution in [-0.2, 0) is 0 Å². The highest BCUT2D eigenvalue weighted by atomic mass is 79.9. The van der Waals surface area contributed by atoms with Crippen LogP contribution in [0.5, 0.6) is 0 Å². The summed E-state index contributed by atoms with van der Waals surface area (Å²) < 4.78 is 0.987. The standard InChI is InChI=1S/C10H12BrN.C2H6/c1-3-4-8-7(2)5-6-9(12)10(8)11;1-2/h3-6H,12H2,1-2H3;1-2H3/b4-3-;. The maximum absolute atomic E-state index is 5.74. The Kier molecular flexibility index (Phi) is 6.30. The summed E-state index contributed by atoms with van der Waals surface area (Å²) in [5.41, 5.74) is 8.92. The number of rotatable bonds is 1. The maximum Gasteiger partial charge on any atom is 0.0479 e. The van der Waals surface area contributed by atoms with Crippen LogP contribution in [0.2, 0.25) is 0 Å². The summed E-state index contributed by atoms with van der Waals surface area (Å²) in [6.07, 6.45) is 4.06. The molecule has 0 aliphatic rings. The van der Waals surface area contributed by atoms with Crippen molar-refractivity contribution in [3.8, 4) is 0 Å². The average molecular weight is 256 g/mol. The summed E-state index contributed by atoms with van der Waals surface area (Å²) >= 11 is 3.46. The molecule has 1 rings (SSSR count). The Morgan fingerprint density at radius 1 is 1.29 bits per heavy atom. The molecule has 0 unspecified atom stereocenters. The van der Waals surface area contributed by atoms with Gasteiger partial charge in [0.15, 0.2) is 0 Å². The largest absolute Gasteiger partial charge is 0.398 e. The second-order valence-electron chi connectivity index (χ2n) is 2.70. The Morgan fingerprint density at radius 3 is 2.36 bits per heavy atom. The van der Waals surface area contributed by atoms with Gasteiger partial charge in [0.1, 0.15) is 0 Å². The van der Waals surface area contributed by atoms with Gasteiger partial charge in [-0.15, -0.1) is 0 Å². The normalized spacial score (nSPS) is 9.79. The number of aryl methyl sites for hydroxylation is 1. The molecule has 0 amide bonds. The van der Waals surface area contributed by atoms with Gasteiger partial charge in [-0.1, -0.05) is 32.1 Å². The molecule has 0 spiro atoms. The number of benzene rings is 1. The lowest BCUT2D eigenvalue weighted by molar-refractivity contribution is 1.42. The van der Waals surface area contributed by atoms with Gasteiger partial charge < -0.3 is 5.73 Å². The van der Waals surface area contributed by atoms with Crippen LogP contribution in [0.1, 0.15) is 31.9 Å². The minimum Gasteiger partial charge on any atom is -0.398 e. The zero-order valence-corrected chi connectivity index (χ0v) is 10.9. The number of nitrogens with two attached hydrogens (primary N) is 1. The molecule has 14 heavy (non-hydrogen) atoms. The third-order valence-corrected chi connectivity index (χ3v) is 2.65. The van der Waals surface area contributed by atoms with E-state index >= 15 is 0 Å². The van der Waals surface area contributed by atoms with Crippen molar-refractivity contribution in [2.45, 2.75) is 27.7 Å². The van der Waals surface area contributed by atoms with Gasteiger partial charge in [-0.05, 0) is 47.0 Å². The molecule has 0 aliphatic heterocycles. The predicted molar refractivity (Wildman–Crippen MR) is 69.3 cm³/mol. The molecule has 0 aliphatic carbocycles. The second-order valence-corrected chi connectivity index (χ2v) is 3.49. The second kappa shape index (κ2) is 6.66. The summed E-state index contributed by atoms with van der Waals surface area (Å²) in [5, 5.41) is 0. The summed E-state index contributed by atoms with van der Waals surface area (Å²) in [4.78, 5) is 0. The molecule has 2 N–H and O–H groups in total. The molecule has 0 saturated carbocycles. The van der Waals surface area contributed by atoms with Crippen molar-refractivity contribution in [1.82, 2.24) is 0 Å². The van der Waals surface area contributed by atoms with E-state index in [0.717, 1.165) is 15.7 Å². The fourth-order valence-corrected chi connectivity index (χ4v) is 1.65. The van der Waals surface area contributed by atoms with Gasteiger partial charge in [-0.25, -0.2) is 0 Å². The molecule has 0 saturated heterocycles. The van der Waals surface area contributed by atoms with Crippen LogP contribution in [-0.4, -0.2) is 0 Å². The van der Waals surface area contributed by atoms with Gasteiger partial charge in [0, 0.05) is 10.2 Å². The van der Waals surface area contributed by atoms with Crippen LogP contribution in [0.3, 0.4) is 0 Å². The van der Waals surface area contributed by atoms with Gasteiger partial charge in [0.05, 0.1) is 0 Å². The number of hydrogen-bond donors (Lipinski definition) is 1. The Hall–Kier alpha value is -0.760. The Labute approximate surface area is 95.1 Å². The Bertz CT molecular complexity index is 316. The molecular weight excluding hydrogens is 238 g/mol. The molecule has 0 aromatic heterocycles. The molecule has 0 radical (unpaired) electrons. The first kappa shape index (κ1) is 13.2. The number of nitrogen functional groups attached to an aromatic ring is 1. The van der Waals surface area contributed by atoms with E-state index in [-0.39, 0.29) is 0 Å². The third kappa shape index (κ3) is 3.18. The van der Waals surface area contributed by atoms with E-state index in [4.69, 9.17) is 5.73 Å². The molecular formula is C12H18BrN. The third-order valence-electron chi connectivity index (χ3n) is 1.76. The monoisotopic (exact) mass is 255 g/mol. The molecule has 0 bridgehead atoms. The minimum absolute atomic E-state index is 0.786. The van der Waals surface area contributed by atoms with E-state index in [9.17, 15) is 0 Å². The van der Waals surface area contributed by atoms with E-state index in [1.165, 1.54) is 5.56 Å². The van der Waals surface area contributed by atoms with Crippen molar-refractivity contribution in [2.75, 3.05) is 5.73 Å². The van der Waals surface area contributed by atoms with Crippen molar-refractivity contribution in [3.05, 3.63) is 33.8 Å². The first-order valence-electron chi connectivity index (χ1n) is 4.84. The molecule has 78 valence electrons. The SMILES string of the molecule is C/C=C\c1c(C)ccc(N)c1Br.CC. The zero-order valence-electron chi connectivity index (χ0n) is 9.26. The van der Waals surface area contributed by atoms with E-state index in [1.54, 1.807) is 0 Å². The van der Waals surface area contributed by atoms with Crippen molar-refractivity contribution in [1.29, 1.82) is 0 Å². The zero-order chi connectivity index (χ0) is 11.1. The minimum atomic E-state index is 0.786. The lowest BCUT2D eigenvalue weighted by atomic mass is 10.1. The van der Waals surface area contributed by atoms with Gasteiger partial charge in [0.2, 0.25) is 0 Å². The molecule has 0 fully saturated rings. The number of hydrogen-bond acceptors (Lipinski definition) is 1. The number of allylic oxidation sites excluding steroid dienone is 1. The van der Waals surface area contributed by atoms with Gasteiger partial charge in [-0.2, -0.15) is 0 Å².